The Morgan fingerprint density at radius 3 is 2.28 bits per heavy atom. The van der Waals surface area contributed by atoms with Crippen LogP contribution in [-0.4, -0.2) is 64.3 Å². The highest BCUT2D eigenvalue weighted by atomic mass is 16.5. The van der Waals surface area contributed by atoms with Gasteiger partial charge >= 0.3 is 0 Å². The SMILES string of the molecule is CC12CCC(O)CC1=CC=C1C2CCC2(C)C1CCC2(O)CN(CC(O)COCc1ccccc1)CC12CC3CC(CC(C3)C1)C2. The summed E-state index contributed by atoms with van der Waals surface area (Å²) in [4.78, 5) is 2.51. The molecule has 8 aliphatic carbocycles. The van der Waals surface area contributed by atoms with Crippen LogP contribution in [0.15, 0.2) is 53.6 Å². The second-order valence-electron chi connectivity index (χ2n) is 18.0. The van der Waals surface area contributed by atoms with E-state index in [-0.39, 0.29) is 16.9 Å². The normalized spacial score (nSPS) is 44.7. The van der Waals surface area contributed by atoms with Gasteiger partial charge in [0.15, 0.2) is 0 Å². The van der Waals surface area contributed by atoms with Gasteiger partial charge in [0.05, 0.1) is 31.0 Å². The molecule has 7 saturated carbocycles. The van der Waals surface area contributed by atoms with Gasteiger partial charge in [-0.1, -0.05) is 67.5 Å². The summed E-state index contributed by atoms with van der Waals surface area (Å²) < 4.78 is 6.03. The molecule has 7 fully saturated rings. The lowest BCUT2D eigenvalue weighted by molar-refractivity contribution is -0.125. The summed E-state index contributed by atoms with van der Waals surface area (Å²) in [5.41, 5.74) is 3.71. The zero-order valence-corrected chi connectivity index (χ0v) is 28.5. The van der Waals surface area contributed by atoms with Crippen molar-refractivity contribution in [3.63, 3.8) is 0 Å². The average Bonchev–Trinajstić information content (AvgIpc) is 3.27. The number of hydrogen-bond acceptors (Lipinski definition) is 5. The molecule has 1 aromatic rings. The topological polar surface area (TPSA) is 73.2 Å². The van der Waals surface area contributed by atoms with Gasteiger partial charge in [0.25, 0.3) is 0 Å². The predicted molar refractivity (Wildman–Crippen MR) is 182 cm³/mol. The number of rotatable bonds is 10. The van der Waals surface area contributed by atoms with E-state index in [0.29, 0.717) is 43.6 Å². The highest BCUT2D eigenvalue weighted by Gasteiger charge is 2.62. The van der Waals surface area contributed by atoms with Gasteiger partial charge in [0.1, 0.15) is 0 Å². The van der Waals surface area contributed by atoms with E-state index < -0.39 is 11.7 Å². The Morgan fingerprint density at radius 2 is 1.57 bits per heavy atom. The van der Waals surface area contributed by atoms with Crippen LogP contribution in [0.4, 0.5) is 0 Å². The third-order valence-electron chi connectivity index (χ3n) is 15.0. The fraction of sp³-hybridized carbons (Fsp3) is 0.756. The summed E-state index contributed by atoms with van der Waals surface area (Å²) in [7, 11) is 0. The molecule has 4 bridgehead atoms. The van der Waals surface area contributed by atoms with Gasteiger partial charge in [0, 0.05) is 25.0 Å². The minimum absolute atomic E-state index is 0.153. The summed E-state index contributed by atoms with van der Waals surface area (Å²) >= 11 is 0. The Bertz CT molecular complexity index is 1300. The Morgan fingerprint density at radius 1 is 0.870 bits per heavy atom. The molecule has 0 spiro atoms. The molecular weight excluding hydrogens is 570 g/mol. The van der Waals surface area contributed by atoms with Crippen molar-refractivity contribution in [1.29, 1.82) is 0 Å². The molecule has 0 heterocycles. The largest absolute Gasteiger partial charge is 0.393 e. The number of ether oxygens (including phenoxy) is 1. The fourth-order valence-corrected chi connectivity index (χ4v) is 13.1. The molecule has 46 heavy (non-hydrogen) atoms. The van der Waals surface area contributed by atoms with E-state index in [4.69, 9.17) is 4.74 Å². The highest BCUT2D eigenvalue weighted by Crippen LogP contribution is 2.66. The molecule has 252 valence electrons. The lowest BCUT2D eigenvalue weighted by Crippen LogP contribution is -2.59. The average molecular weight is 630 g/mol. The quantitative estimate of drug-likeness (QED) is 0.259. The van der Waals surface area contributed by atoms with E-state index in [1.165, 1.54) is 44.1 Å². The zero-order valence-electron chi connectivity index (χ0n) is 28.5. The van der Waals surface area contributed by atoms with Gasteiger partial charge in [-0.2, -0.15) is 0 Å². The van der Waals surface area contributed by atoms with Crippen LogP contribution in [-0.2, 0) is 11.3 Å². The predicted octanol–water partition coefficient (Wildman–Crippen LogP) is 7.06. The monoisotopic (exact) mass is 629 g/mol. The van der Waals surface area contributed by atoms with E-state index >= 15 is 0 Å². The van der Waals surface area contributed by atoms with E-state index in [2.05, 4.69) is 43.0 Å². The van der Waals surface area contributed by atoms with Crippen molar-refractivity contribution in [3.05, 3.63) is 59.2 Å². The summed E-state index contributed by atoms with van der Waals surface area (Å²) in [5.74, 6) is 3.60. The minimum atomic E-state index is -0.774. The van der Waals surface area contributed by atoms with Crippen LogP contribution < -0.4 is 0 Å². The maximum absolute atomic E-state index is 12.9. The number of nitrogens with zero attached hydrogens (tertiary/aromatic N) is 1. The second kappa shape index (κ2) is 11.8. The van der Waals surface area contributed by atoms with Crippen molar-refractivity contribution < 1.29 is 20.1 Å². The molecule has 7 atom stereocenters. The number of fused-ring (bicyclic) bond motifs is 5. The molecule has 3 N–H and O–H groups in total. The van der Waals surface area contributed by atoms with Crippen LogP contribution in [0, 0.1) is 45.8 Å². The third kappa shape index (κ3) is 5.49. The number of aliphatic hydroxyl groups excluding tert-OH is 2. The lowest BCUT2D eigenvalue weighted by Gasteiger charge is -2.59. The molecule has 0 aliphatic heterocycles. The Labute approximate surface area is 277 Å². The van der Waals surface area contributed by atoms with Crippen molar-refractivity contribution in [2.24, 2.45) is 45.8 Å². The van der Waals surface area contributed by atoms with Crippen LogP contribution in [0.5, 0.6) is 0 Å². The zero-order chi connectivity index (χ0) is 31.7. The number of allylic oxidation sites excluding steroid dienone is 3. The first-order valence-corrected chi connectivity index (χ1v) is 18.9. The standard InChI is InChI=1S/C41H59NO4/c1-38-13-10-33(43)19-32(38)8-9-35-36(38)11-14-39(2)37(35)12-15-41(39,45)27-42(23-34(44)25-46-24-28-6-4-3-5-7-28)26-40-20-29-16-30(21-40)18-31(17-29)22-40/h3-9,29-31,33-34,36-37,43-45H,10-27H2,1-2H3. The van der Waals surface area contributed by atoms with Crippen LogP contribution in [0.2, 0.25) is 0 Å². The number of benzene rings is 1. The first-order valence-electron chi connectivity index (χ1n) is 18.9. The van der Waals surface area contributed by atoms with Crippen LogP contribution >= 0.6 is 0 Å². The van der Waals surface area contributed by atoms with Crippen molar-refractivity contribution >= 4 is 0 Å². The molecule has 5 heteroatoms. The van der Waals surface area contributed by atoms with Crippen LogP contribution in [0.3, 0.4) is 0 Å². The molecule has 8 aliphatic rings. The molecule has 9 rings (SSSR count). The van der Waals surface area contributed by atoms with E-state index in [9.17, 15) is 15.3 Å². The van der Waals surface area contributed by atoms with Gasteiger partial charge in [-0.25, -0.2) is 0 Å². The molecule has 0 radical (unpaired) electrons. The summed E-state index contributed by atoms with van der Waals surface area (Å²) in [6.07, 6.45) is 19.2. The van der Waals surface area contributed by atoms with Crippen LogP contribution in [0.1, 0.15) is 103 Å². The first-order chi connectivity index (χ1) is 22.1. The molecule has 0 saturated heterocycles. The maximum Gasteiger partial charge on any atom is 0.0900 e. The molecule has 0 aromatic heterocycles. The smallest absolute Gasteiger partial charge is 0.0900 e. The van der Waals surface area contributed by atoms with Gasteiger partial charge in [-0.15, -0.1) is 0 Å². The lowest BCUT2D eigenvalue weighted by atomic mass is 9.49. The van der Waals surface area contributed by atoms with Gasteiger partial charge in [0.2, 0.25) is 0 Å². The van der Waals surface area contributed by atoms with Crippen molar-refractivity contribution in [3.8, 4) is 0 Å². The molecular formula is C41H59NO4. The maximum atomic E-state index is 12.9. The van der Waals surface area contributed by atoms with Gasteiger partial charge in [-0.3, -0.25) is 4.90 Å². The minimum Gasteiger partial charge on any atom is -0.393 e. The highest BCUT2D eigenvalue weighted by molar-refractivity contribution is 5.39. The van der Waals surface area contributed by atoms with Gasteiger partial charge in [-0.05, 0) is 129 Å². The van der Waals surface area contributed by atoms with Crippen molar-refractivity contribution in [2.45, 2.75) is 122 Å². The Balaban J connectivity index is 1.01. The molecule has 0 amide bonds. The Kier molecular flexibility index (Phi) is 8.16. The summed E-state index contributed by atoms with van der Waals surface area (Å²) in [6, 6.07) is 10.2. The number of aliphatic hydroxyl groups is 3. The molecule has 7 unspecified atom stereocenters. The summed E-state index contributed by atoms with van der Waals surface area (Å²) in [5, 5.41) is 34.7. The van der Waals surface area contributed by atoms with Crippen molar-refractivity contribution in [1.82, 2.24) is 4.90 Å². The second-order valence-corrected chi connectivity index (χ2v) is 18.0. The molecule has 1 aromatic carbocycles. The fourth-order valence-electron chi connectivity index (χ4n) is 13.1. The van der Waals surface area contributed by atoms with Crippen LogP contribution in [0.25, 0.3) is 0 Å². The summed E-state index contributed by atoms with van der Waals surface area (Å²) in [6.45, 7) is 7.92. The van der Waals surface area contributed by atoms with E-state index in [0.717, 1.165) is 74.8 Å². The Hall–Kier alpha value is -1.50. The first kappa shape index (κ1) is 31.7. The molecule has 5 nitrogen and oxygen atoms in total. The number of hydrogen-bond donors (Lipinski definition) is 3. The van der Waals surface area contributed by atoms with E-state index in [1.54, 1.807) is 5.57 Å². The van der Waals surface area contributed by atoms with Gasteiger partial charge < -0.3 is 20.1 Å². The van der Waals surface area contributed by atoms with E-state index in [1.807, 2.05) is 18.2 Å². The van der Waals surface area contributed by atoms with Crippen molar-refractivity contribution in [2.75, 3.05) is 26.2 Å². The third-order valence-corrected chi connectivity index (χ3v) is 15.0.